The van der Waals surface area contributed by atoms with E-state index in [0.29, 0.717) is 37.2 Å². The summed E-state index contributed by atoms with van der Waals surface area (Å²) in [5.74, 6) is -1.97. The normalized spacial score (nSPS) is 19.6. The third-order valence-corrected chi connectivity index (χ3v) is 5.04. The van der Waals surface area contributed by atoms with Gasteiger partial charge in [0, 0.05) is 44.0 Å². The topological polar surface area (TPSA) is 51.1 Å². The molecule has 0 radical (unpaired) electrons. The van der Waals surface area contributed by atoms with Gasteiger partial charge < -0.3 is 14.5 Å². The van der Waals surface area contributed by atoms with Crippen LogP contribution in [0, 0.1) is 17.5 Å². The molecule has 0 aliphatic carbocycles. The number of rotatable bonds is 4. The van der Waals surface area contributed by atoms with E-state index >= 15 is 0 Å². The fourth-order valence-electron chi connectivity index (χ4n) is 3.50. The van der Waals surface area contributed by atoms with Crippen molar-refractivity contribution in [1.82, 2.24) is 4.90 Å². The van der Waals surface area contributed by atoms with Gasteiger partial charge in [0.1, 0.15) is 17.7 Å². The highest BCUT2D eigenvalue weighted by molar-refractivity contribution is 6.04. The van der Waals surface area contributed by atoms with Gasteiger partial charge in [-0.05, 0) is 24.3 Å². The maximum absolute atomic E-state index is 13.7. The molecule has 2 aliphatic heterocycles. The van der Waals surface area contributed by atoms with Crippen molar-refractivity contribution in [3.05, 3.63) is 65.5 Å². The fourth-order valence-corrected chi connectivity index (χ4v) is 3.50. The summed E-state index contributed by atoms with van der Waals surface area (Å²) in [7, 11) is 0. The molecule has 1 fully saturated rings. The standard InChI is InChI=1S/C21H19F3N2O3/c22-14-3-1-2-13(10-14)18-12-20(29-25-18)21(27)26-8-6-16(7-9-26)28-19-5-4-15(23)11-17(19)24/h1-5,10-11,16,20H,6-9,12H2. The molecule has 29 heavy (non-hydrogen) atoms. The van der Waals surface area contributed by atoms with Gasteiger partial charge >= 0.3 is 0 Å². The van der Waals surface area contributed by atoms with Gasteiger partial charge in [0.2, 0.25) is 6.10 Å². The second-order valence-electron chi connectivity index (χ2n) is 7.06. The van der Waals surface area contributed by atoms with Crippen molar-refractivity contribution in [2.45, 2.75) is 31.5 Å². The highest BCUT2D eigenvalue weighted by Gasteiger charge is 2.34. The van der Waals surface area contributed by atoms with Crippen LogP contribution in [0.2, 0.25) is 0 Å². The number of hydrogen-bond donors (Lipinski definition) is 0. The van der Waals surface area contributed by atoms with Crippen LogP contribution >= 0.6 is 0 Å². The van der Waals surface area contributed by atoms with E-state index in [1.807, 2.05) is 0 Å². The number of amides is 1. The molecule has 0 aromatic heterocycles. The Hall–Kier alpha value is -3.03. The minimum absolute atomic E-state index is 0.00318. The van der Waals surface area contributed by atoms with Crippen molar-refractivity contribution in [1.29, 1.82) is 0 Å². The lowest BCUT2D eigenvalue weighted by atomic mass is 10.0. The Morgan fingerprint density at radius 2 is 1.83 bits per heavy atom. The van der Waals surface area contributed by atoms with Gasteiger partial charge in [0.05, 0.1) is 5.71 Å². The van der Waals surface area contributed by atoms with Crippen molar-refractivity contribution in [2.75, 3.05) is 13.1 Å². The van der Waals surface area contributed by atoms with E-state index in [0.717, 1.165) is 12.1 Å². The fraction of sp³-hybridized carbons (Fsp3) is 0.333. The van der Waals surface area contributed by atoms with Crippen LogP contribution in [-0.2, 0) is 9.63 Å². The van der Waals surface area contributed by atoms with Gasteiger partial charge in [-0.15, -0.1) is 0 Å². The van der Waals surface area contributed by atoms with Crippen LogP contribution in [0.15, 0.2) is 47.6 Å². The number of nitrogens with zero attached hydrogens (tertiary/aromatic N) is 2. The quantitative estimate of drug-likeness (QED) is 0.782. The first-order chi connectivity index (χ1) is 14.0. The van der Waals surface area contributed by atoms with E-state index in [2.05, 4.69) is 5.16 Å². The first kappa shape index (κ1) is 19.3. The number of piperidine rings is 1. The van der Waals surface area contributed by atoms with Gasteiger partial charge in [-0.25, -0.2) is 13.2 Å². The van der Waals surface area contributed by atoms with E-state index in [9.17, 15) is 18.0 Å². The smallest absolute Gasteiger partial charge is 0.266 e. The second-order valence-corrected chi connectivity index (χ2v) is 7.06. The number of ether oxygens (including phenoxy) is 1. The van der Waals surface area contributed by atoms with Crippen molar-refractivity contribution in [3.8, 4) is 5.75 Å². The Morgan fingerprint density at radius 1 is 1.07 bits per heavy atom. The summed E-state index contributed by atoms with van der Waals surface area (Å²) in [6, 6.07) is 9.18. The summed E-state index contributed by atoms with van der Waals surface area (Å²) >= 11 is 0. The molecular weight excluding hydrogens is 385 g/mol. The molecule has 2 heterocycles. The van der Waals surface area contributed by atoms with Crippen LogP contribution in [0.3, 0.4) is 0 Å². The molecule has 1 atom stereocenters. The molecule has 152 valence electrons. The van der Waals surface area contributed by atoms with Crippen LogP contribution in [0.4, 0.5) is 13.2 Å². The van der Waals surface area contributed by atoms with E-state index in [1.165, 1.54) is 18.2 Å². The molecule has 0 N–H and O–H groups in total. The molecule has 4 rings (SSSR count). The molecule has 1 saturated heterocycles. The molecule has 1 unspecified atom stereocenters. The summed E-state index contributed by atoms with van der Waals surface area (Å²) < 4.78 is 45.7. The SMILES string of the molecule is O=C(C1CC(c2cccc(F)c2)=NO1)N1CCC(Oc2ccc(F)cc2F)CC1. The van der Waals surface area contributed by atoms with Crippen molar-refractivity contribution in [2.24, 2.45) is 5.16 Å². The molecule has 2 aromatic carbocycles. The van der Waals surface area contributed by atoms with Gasteiger partial charge in [-0.3, -0.25) is 4.79 Å². The Morgan fingerprint density at radius 3 is 2.55 bits per heavy atom. The zero-order valence-corrected chi connectivity index (χ0v) is 15.5. The molecule has 5 nitrogen and oxygen atoms in total. The minimum atomic E-state index is -0.745. The zero-order chi connectivity index (χ0) is 20.4. The van der Waals surface area contributed by atoms with Gasteiger partial charge in [-0.2, -0.15) is 0 Å². The van der Waals surface area contributed by atoms with Crippen molar-refractivity contribution >= 4 is 11.6 Å². The predicted octanol–water partition coefficient (Wildman–Crippen LogP) is 3.67. The Labute approximate surface area is 165 Å². The average Bonchev–Trinajstić information content (AvgIpc) is 3.20. The highest BCUT2D eigenvalue weighted by Crippen LogP contribution is 2.25. The summed E-state index contributed by atoms with van der Waals surface area (Å²) in [4.78, 5) is 19.7. The van der Waals surface area contributed by atoms with Crippen molar-refractivity contribution in [3.63, 3.8) is 0 Å². The molecular formula is C21H19F3N2O3. The van der Waals surface area contributed by atoms with Crippen LogP contribution in [-0.4, -0.2) is 41.8 Å². The second kappa shape index (κ2) is 8.14. The molecule has 2 aliphatic rings. The molecule has 0 bridgehead atoms. The number of carbonyl (C=O) groups is 1. The van der Waals surface area contributed by atoms with Crippen LogP contribution in [0.25, 0.3) is 0 Å². The monoisotopic (exact) mass is 404 g/mol. The van der Waals surface area contributed by atoms with Gasteiger partial charge in [0.25, 0.3) is 5.91 Å². The Bertz CT molecular complexity index is 943. The lowest BCUT2D eigenvalue weighted by Crippen LogP contribution is -2.46. The number of benzene rings is 2. The first-order valence-electron chi connectivity index (χ1n) is 9.39. The zero-order valence-electron chi connectivity index (χ0n) is 15.5. The molecule has 8 heteroatoms. The Balaban J connectivity index is 1.29. The molecule has 2 aromatic rings. The van der Waals surface area contributed by atoms with Crippen molar-refractivity contribution < 1.29 is 27.5 Å². The van der Waals surface area contributed by atoms with E-state index in [-0.39, 0.29) is 30.0 Å². The third-order valence-electron chi connectivity index (χ3n) is 5.04. The van der Waals surface area contributed by atoms with Crippen LogP contribution in [0.1, 0.15) is 24.8 Å². The molecule has 0 spiro atoms. The third kappa shape index (κ3) is 4.36. The summed E-state index contributed by atoms with van der Waals surface area (Å²) in [5, 5.41) is 3.94. The predicted molar refractivity (Wildman–Crippen MR) is 99.0 cm³/mol. The van der Waals surface area contributed by atoms with Gasteiger partial charge in [-0.1, -0.05) is 17.3 Å². The van der Waals surface area contributed by atoms with E-state index in [4.69, 9.17) is 9.57 Å². The molecule has 0 saturated carbocycles. The summed E-state index contributed by atoms with van der Waals surface area (Å²) in [6.45, 7) is 0.864. The Kier molecular flexibility index (Phi) is 5.42. The number of hydrogen-bond acceptors (Lipinski definition) is 4. The van der Waals surface area contributed by atoms with Gasteiger partial charge in [0.15, 0.2) is 11.6 Å². The van der Waals surface area contributed by atoms with E-state index < -0.39 is 17.7 Å². The summed E-state index contributed by atoms with van der Waals surface area (Å²) in [6.07, 6.45) is 0.321. The summed E-state index contributed by atoms with van der Waals surface area (Å²) in [5.41, 5.74) is 1.13. The van der Waals surface area contributed by atoms with Crippen LogP contribution in [0.5, 0.6) is 5.75 Å². The number of carbonyl (C=O) groups excluding carboxylic acids is 1. The highest BCUT2D eigenvalue weighted by atomic mass is 19.1. The maximum atomic E-state index is 13.7. The average molecular weight is 404 g/mol. The minimum Gasteiger partial charge on any atom is -0.487 e. The number of halogens is 3. The lowest BCUT2D eigenvalue weighted by molar-refractivity contribution is -0.143. The first-order valence-corrected chi connectivity index (χ1v) is 9.39. The maximum Gasteiger partial charge on any atom is 0.266 e. The molecule has 1 amide bonds. The van der Waals surface area contributed by atoms with Crippen LogP contribution < -0.4 is 4.74 Å². The van der Waals surface area contributed by atoms with E-state index in [1.54, 1.807) is 17.0 Å². The number of likely N-dealkylation sites (tertiary alicyclic amines) is 1. The lowest BCUT2D eigenvalue weighted by Gasteiger charge is -2.33. The largest absolute Gasteiger partial charge is 0.487 e. The number of oxime groups is 1.